The average Bonchev–Trinajstić information content (AvgIpc) is 2.82. The van der Waals surface area contributed by atoms with Crippen LogP contribution in [0.4, 0.5) is 0 Å². The summed E-state index contributed by atoms with van der Waals surface area (Å²) in [7, 11) is 0. The van der Waals surface area contributed by atoms with Gasteiger partial charge in [0.2, 0.25) is 5.78 Å². The van der Waals surface area contributed by atoms with Crippen molar-refractivity contribution in [3.63, 3.8) is 0 Å². The van der Waals surface area contributed by atoms with Crippen molar-refractivity contribution in [1.29, 1.82) is 0 Å². The highest BCUT2D eigenvalue weighted by atomic mass is 16.5. The van der Waals surface area contributed by atoms with E-state index in [1.54, 1.807) is 30.3 Å². The summed E-state index contributed by atoms with van der Waals surface area (Å²) >= 11 is 0. The molecular weight excluding hydrogens is 398 g/mol. The first-order valence-electron chi connectivity index (χ1n) is 10.7. The largest absolute Gasteiger partial charge is 0.450 e. The molecule has 1 aromatic heterocycles. The van der Waals surface area contributed by atoms with Gasteiger partial charge in [0.05, 0.1) is 16.8 Å². The Labute approximate surface area is 187 Å². The van der Waals surface area contributed by atoms with Crippen molar-refractivity contribution in [2.75, 3.05) is 0 Å². The number of hydrogen-bond donors (Lipinski definition) is 0. The molecule has 160 valence electrons. The summed E-state index contributed by atoms with van der Waals surface area (Å²) in [5.41, 5.74) is 5.42. The van der Waals surface area contributed by atoms with E-state index in [1.807, 2.05) is 69.3 Å². The fourth-order valence-corrected chi connectivity index (χ4v) is 3.68. The minimum absolute atomic E-state index is 0.199. The quantitative estimate of drug-likeness (QED) is 0.268. The van der Waals surface area contributed by atoms with Crippen LogP contribution >= 0.6 is 0 Å². The fraction of sp³-hybridized carbons (Fsp3) is 0.179. The number of ketones is 1. The summed E-state index contributed by atoms with van der Waals surface area (Å²) in [6.07, 6.45) is -0.451. The predicted octanol–water partition coefficient (Wildman–Crippen LogP) is 6.34. The van der Waals surface area contributed by atoms with Gasteiger partial charge in [-0.2, -0.15) is 0 Å². The van der Waals surface area contributed by atoms with E-state index in [1.165, 1.54) is 0 Å². The Bertz CT molecular complexity index is 1280. The van der Waals surface area contributed by atoms with Crippen LogP contribution in [-0.4, -0.2) is 22.8 Å². The number of fused-ring (bicyclic) bond motifs is 1. The summed E-state index contributed by atoms with van der Waals surface area (Å²) in [5, 5.41) is 0.716. The van der Waals surface area contributed by atoms with Crippen molar-refractivity contribution < 1.29 is 14.3 Å². The summed E-state index contributed by atoms with van der Waals surface area (Å²) in [5.74, 6) is -0.720. The molecule has 0 saturated carbocycles. The topological polar surface area (TPSA) is 56.3 Å². The number of Topliss-reactive ketones (excluding diaryl/α,β-unsaturated/α-hetero) is 1. The smallest absolute Gasteiger partial charge is 0.339 e. The maximum absolute atomic E-state index is 13.3. The van der Waals surface area contributed by atoms with Crippen LogP contribution < -0.4 is 0 Å². The average molecular weight is 424 g/mol. The number of pyridine rings is 1. The van der Waals surface area contributed by atoms with E-state index in [9.17, 15) is 9.59 Å². The Morgan fingerprint density at radius 1 is 0.875 bits per heavy atom. The van der Waals surface area contributed by atoms with Gasteiger partial charge >= 0.3 is 5.97 Å². The molecule has 0 unspecified atom stereocenters. The first-order valence-corrected chi connectivity index (χ1v) is 10.7. The van der Waals surface area contributed by atoms with Crippen LogP contribution in [0.5, 0.6) is 0 Å². The first-order chi connectivity index (χ1) is 15.5. The van der Waals surface area contributed by atoms with Gasteiger partial charge in [0.1, 0.15) is 0 Å². The molecule has 0 spiro atoms. The zero-order chi connectivity index (χ0) is 22.7. The highest BCUT2D eigenvalue weighted by molar-refractivity contribution is 6.07. The molecule has 0 aliphatic rings. The minimum atomic E-state index is -0.847. The van der Waals surface area contributed by atoms with Gasteiger partial charge in [0.25, 0.3) is 0 Å². The van der Waals surface area contributed by atoms with Gasteiger partial charge in [0.15, 0.2) is 6.10 Å². The molecule has 4 aromatic rings. The van der Waals surface area contributed by atoms with E-state index in [0.29, 0.717) is 34.1 Å². The molecule has 0 N–H and O–H groups in total. The number of benzene rings is 3. The van der Waals surface area contributed by atoms with Crippen LogP contribution in [0.3, 0.4) is 0 Å². The van der Waals surface area contributed by atoms with Crippen molar-refractivity contribution in [3.8, 4) is 11.3 Å². The van der Waals surface area contributed by atoms with Gasteiger partial charge in [-0.1, -0.05) is 78.7 Å². The lowest BCUT2D eigenvalue weighted by Gasteiger charge is -2.17. The van der Waals surface area contributed by atoms with Crippen molar-refractivity contribution >= 4 is 22.7 Å². The first kappa shape index (κ1) is 21.4. The number of nitrogens with zero attached hydrogens (tertiary/aromatic N) is 1. The Kier molecular flexibility index (Phi) is 6.13. The number of aryl methyl sites for hydroxylation is 2. The van der Waals surface area contributed by atoms with E-state index >= 15 is 0 Å². The van der Waals surface area contributed by atoms with Crippen molar-refractivity contribution in [3.05, 3.63) is 101 Å². The molecule has 4 rings (SSSR count). The van der Waals surface area contributed by atoms with Crippen molar-refractivity contribution in [2.24, 2.45) is 0 Å². The third-order valence-corrected chi connectivity index (χ3v) is 5.50. The Morgan fingerprint density at radius 3 is 2.25 bits per heavy atom. The van der Waals surface area contributed by atoms with E-state index in [2.05, 4.69) is 0 Å². The Morgan fingerprint density at radius 2 is 1.56 bits per heavy atom. The molecule has 0 bridgehead atoms. The highest BCUT2D eigenvalue weighted by Gasteiger charge is 2.25. The second kappa shape index (κ2) is 9.15. The number of ether oxygens (including phenoxy) is 1. The third-order valence-electron chi connectivity index (χ3n) is 5.50. The molecule has 0 fully saturated rings. The highest BCUT2D eigenvalue weighted by Crippen LogP contribution is 2.27. The van der Waals surface area contributed by atoms with Gasteiger partial charge in [0, 0.05) is 16.5 Å². The molecule has 4 heteroatoms. The van der Waals surface area contributed by atoms with Crippen LogP contribution in [0.1, 0.15) is 45.2 Å². The van der Waals surface area contributed by atoms with Crippen LogP contribution in [-0.2, 0) is 4.74 Å². The van der Waals surface area contributed by atoms with Crippen LogP contribution in [0.25, 0.3) is 22.2 Å². The molecular formula is C28H25NO3. The van der Waals surface area contributed by atoms with E-state index < -0.39 is 12.1 Å². The number of carbonyl (C=O) groups is 2. The molecule has 32 heavy (non-hydrogen) atoms. The number of hydrogen-bond acceptors (Lipinski definition) is 4. The second-order valence-electron chi connectivity index (χ2n) is 7.97. The summed E-state index contributed by atoms with van der Waals surface area (Å²) < 4.78 is 5.74. The lowest BCUT2D eigenvalue weighted by atomic mass is 10.0. The number of rotatable bonds is 6. The number of aromatic nitrogens is 1. The van der Waals surface area contributed by atoms with Gasteiger partial charge in [-0.15, -0.1) is 0 Å². The fourth-order valence-electron chi connectivity index (χ4n) is 3.68. The summed E-state index contributed by atoms with van der Waals surface area (Å²) in [6.45, 7) is 5.83. The molecule has 1 atom stereocenters. The van der Waals surface area contributed by atoms with E-state index in [-0.39, 0.29) is 5.78 Å². The Balaban J connectivity index is 1.74. The van der Waals surface area contributed by atoms with Crippen LogP contribution in [0, 0.1) is 13.8 Å². The minimum Gasteiger partial charge on any atom is -0.450 e. The molecule has 0 radical (unpaired) electrons. The van der Waals surface area contributed by atoms with Crippen molar-refractivity contribution in [1.82, 2.24) is 4.98 Å². The zero-order valence-corrected chi connectivity index (χ0v) is 18.5. The second-order valence-corrected chi connectivity index (χ2v) is 7.97. The lowest BCUT2D eigenvalue weighted by molar-refractivity contribution is 0.0279. The maximum Gasteiger partial charge on any atom is 0.339 e. The molecule has 0 saturated heterocycles. The maximum atomic E-state index is 13.3. The molecule has 0 aliphatic heterocycles. The normalized spacial score (nSPS) is 11.8. The molecule has 0 aliphatic carbocycles. The van der Waals surface area contributed by atoms with Gasteiger partial charge in [-0.3, -0.25) is 4.79 Å². The Hall–Kier alpha value is -3.79. The van der Waals surface area contributed by atoms with Gasteiger partial charge in [-0.25, -0.2) is 9.78 Å². The van der Waals surface area contributed by atoms with E-state index in [0.717, 1.165) is 16.7 Å². The predicted molar refractivity (Wildman–Crippen MR) is 127 cm³/mol. The van der Waals surface area contributed by atoms with Gasteiger partial charge < -0.3 is 4.74 Å². The van der Waals surface area contributed by atoms with Crippen LogP contribution in [0.15, 0.2) is 78.9 Å². The molecule has 3 aromatic carbocycles. The SMILES string of the molecule is CC[C@@H](OC(=O)c1cc(-c2ccc(C)cc2)nc2ccc(C)cc12)C(=O)c1ccccc1. The van der Waals surface area contributed by atoms with Crippen molar-refractivity contribution in [2.45, 2.75) is 33.3 Å². The summed E-state index contributed by atoms with van der Waals surface area (Å²) in [6, 6.07) is 24.5. The van der Waals surface area contributed by atoms with Gasteiger partial charge in [-0.05, 0) is 38.5 Å². The molecule has 0 amide bonds. The number of carbonyl (C=O) groups excluding carboxylic acids is 2. The van der Waals surface area contributed by atoms with Crippen LogP contribution in [0.2, 0.25) is 0 Å². The summed E-state index contributed by atoms with van der Waals surface area (Å²) in [4.78, 5) is 31.0. The molecule has 4 nitrogen and oxygen atoms in total. The third kappa shape index (κ3) is 4.45. The standard InChI is InChI=1S/C28H25NO3/c1-4-26(27(30)21-8-6-5-7-9-21)32-28(31)23-17-25(20-13-10-18(2)11-14-20)29-24-15-12-19(3)16-22(23)24/h5-17,26H,4H2,1-3H3/t26-/m1/s1. The molecule has 1 heterocycles. The zero-order valence-electron chi connectivity index (χ0n) is 18.5. The monoisotopic (exact) mass is 423 g/mol. The lowest BCUT2D eigenvalue weighted by Crippen LogP contribution is -2.27. The number of esters is 1. The van der Waals surface area contributed by atoms with E-state index in [4.69, 9.17) is 9.72 Å².